The fraction of sp³-hybridized carbons (Fsp3) is 0.154. The molecule has 3 rings (SSSR count). The minimum absolute atomic E-state index is 0.0152. The summed E-state index contributed by atoms with van der Waals surface area (Å²) >= 11 is 1.61. The minimum Gasteiger partial charge on any atom is -0.329 e. The molecule has 0 spiro atoms. The van der Waals surface area contributed by atoms with Gasteiger partial charge in [-0.25, -0.2) is 9.97 Å². The standard InChI is InChI=1S/C13H11N3OS/c17-13(4-3-11-2-1-5-18-11)16-7-10-6-14-9-15-12(10)8-16/h1-6,9H,7-8H2. The average Bonchev–Trinajstić information content (AvgIpc) is 3.04. The third-order valence-electron chi connectivity index (χ3n) is 2.83. The number of fused-ring (bicyclic) bond motifs is 1. The smallest absolute Gasteiger partial charge is 0.247 e. The summed E-state index contributed by atoms with van der Waals surface area (Å²) in [5.74, 6) is 0.0152. The number of carbonyl (C=O) groups is 1. The molecule has 0 radical (unpaired) electrons. The molecule has 5 heteroatoms. The lowest BCUT2D eigenvalue weighted by Crippen LogP contribution is -2.23. The van der Waals surface area contributed by atoms with Crippen molar-refractivity contribution in [3.63, 3.8) is 0 Å². The summed E-state index contributed by atoms with van der Waals surface area (Å²) in [6, 6.07) is 3.95. The van der Waals surface area contributed by atoms with E-state index in [4.69, 9.17) is 0 Å². The zero-order valence-electron chi connectivity index (χ0n) is 9.61. The maximum Gasteiger partial charge on any atom is 0.247 e. The van der Waals surface area contributed by atoms with Gasteiger partial charge in [0.15, 0.2) is 0 Å². The summed E-state index contributed by atoms with van der Waals surface area (Å²) in [4.78, 5) is 23.0. The van der Waals surface area contributed by atoms with Crippen LogP contribution in [0.1, 0.15) is 16.1 Å². The summed E-state index contributed by atoms with van der Waals surface area (Å²) < 4.78 is 0. The first-order valence-corrected chi connectivity index (χ1v) is 6.49. The van der Waals surface area contributed by atoms with Gasteiger partial charge in [-0.05, 0) is 17.5 Å². The normalized spacial score (nSPS) is 14.1. The van der Waals surface area contributed by atoms with E-state index in [0.29, 0.717) is 13.1 Å². The highest BCUT2D eigenvalue weighted by atomic mass is 32.1. The zero-order valence-corrected chi connectivity index (χ0v) is 10.4. The lowest BCUT2D eigenvalue weighted by Gasteiger charge is -2.11. The van der Waals surface area contributed by atoms with Gasteiger partial charge in [-0.1, -0.05) is 6.07 Å². The molecule has 3 heterocycles. The summed E-state index contributed by atoms with van der Waals surface area (Å²) in [5.41, 5.74) is 1.98. The number of rotatable bonds is 2. The zero-order chi connectivity index (χ0) is 12.4. The van der Waals surface area contributed by atoms with Gasteiger partial charge in [-0.2, -0.15) is 0 Å². The van der Waals surface area contributed by atoms with E-state index < -0.39 is 0 Å². The molecule has 1 aliphatic rings. The summed E-state index contributed by atoms with van der Waals surface area (Å²) in [6.07, 6.45) is 6.76. The second-order valence-electron chi connectivity index (χ2n) is 4.04. The highest BCUT2D eigenvalue weighted by molar-refractivity contribution is 7.10. The highest BCUT2D eigenvalue weighted by Crippen LogP contribution is 2.20. The number of amides is 1. The number of hydrogen-bond donors (Lipinski definition) is 0. The third-order valence-corrected chi connectivity index (χ3v) is 3.67. The van der Waals surface area contributed by atoms with Crippen molar-refractivity contribution in [2.45, 2.75) is 13.1 Å². The number of thiophene rings is 1. The number of carbonyl (C=O) groups excluding carboxylic acids is 1. The maximum absolute atomic E-state index is 12.0. The van der Waals surface area contributed by atoms with Crippen molar-refractivity contribution < 1.29 is 4.79 Å². The quantitative estimate of drug-likeness (QED) is 0.774. The van der Waals surface area contributed by atoms with Gasteiger partial charge in [0.25, 0.3) is 0 Å². The van der Waals surface area contributed by atoms with Crippen LogP contribution in [0.15, 0.2) is 36.1 Å². The number of hydrogen-bond acceptors (Lipinski definition) is 4. The first-order valence-electron chi connectivity index (χ1n) is 5.61. The largest absolute Gasteiger partial charge is 0.329 e. The summed E-state index contributed by atoms with van der Waals surface area (Å²) in [5, 5.41) is 1.99. The molecule has 1 amide bonds. The van der Waals surface area contributed by atoms with Crippen LogP contribution >= 0.6 is 11.3 Å². The predicted octanol–water partition coefficient (Wildman–Crippen LogP) is 2.09. The molecule has 18 heavy (non-hydrogen) atoms. The maximum atomic E-state index is 12.0. The topological polar surface area (TPSA) is 46.1 Å². The second-order valence-corrected chi connectivity index (χ2v) is 5.02. The van der Waals surface area contributed by atoms with Gasteiger partial charge in [-0.3, -0.25) is 4.79 Å². The van der Waals surface area contributed by atoms with Gasteiger partial charge >= 0.3 is 0 Å². The first kappa shape index (κ1) is 11.1. The molecular formula is C13H11N3OS. The molecule has 0 aromatic carbocycles. The molecule has 4 nitrogen and oxygen atoms in total. The van der Waals surface area contributed by atoms with Crippen molar-refractivity contribution >= 4 is 23.3 Å². The Kier molecular flexibility index (Phi) is 2.90. The van der Waals surface area contributed by atoms with Crippen LogP contribution in [-0.2, 0) is 17.9 Å². The molecule has 2 aromatic rings. The molecular weight excluding hydrogens is 246 g/mol. The van der Waals surface area contributed by atoms with Crippen molar-refractivity contribution in [2.75, 3.05) is 0 Å². The van der Waals surface area contributed by atoms with E-state index in [-0.39, 0.29) is 5.91 Å². The Balaban J connectivity index is 1.69. The van der Waals surface area contributed by atoms with Crippen LogP contribution in [0.3, 0.4) is 0 Å². The van der Waals surface area contributed by atoms with Crippen molar-refractivity contribution in [1.82, 2.24) is 14.9 Å². The van der Waals surface area contributed by atoms with Crippen LogP contribution < -0.4 is 0 Å². The van der Waals surface area contributed by atoms with Crippen LogP contribution in [0.2, 0.25) is 0 Å². The molecule has 0 unspecified atom stereocenters. The molecule has 0 saturated heterocycles. The fourth-order valence-corrected chi connectivity index (χ4v) is 2.52. The second kappa shape index (κ2) is 4.70. The minimum atomic E-state index is 0.0152. The van der Waals surface area contributed by atoms with E-state index >= 15 is 0 Å². The van der Waals surface area contributed by atoms with Crippen molar-refractivity contribution in [2.24, 2.45) is 0 Å². The molecule has 90 valence electrons. The van der Waals surface area contributed by atoms with E-state index in [1.165, 1.54) is 6.33 Å². The van der Waals surface area contributed by atoms with Gasteiger partial charge in [0, 0.05) is 29.3 Å². The number of aromatic nitrogens is 2. The van der Waals surface area contributed by atoms with Crippen LogP contribution in [0.5, 0.6) is 0 Å². The van der Waals surface area contributed by atoms with E-state index in [1.807, 2.05) is 23.6 Å². The van der Waals surface area contributed by atoms with Gasteiger partial charge in [0.1, 0.15) is 6.33 Å². The Morgan fingerprint density at radius 3 is 3.17 bits per heavy atom. The van der Waals surface area contributed by atoms with Gasteiger partial charge in [0.2, 0.25) is 5.91 Å². The summed E-state index contributed by atoms with van der Waals surface area (Å²) in [6.45, 7) is 1.18. The predicted molar refractivity (Wildman–Crippen MR) is 69.6 cm³/mol. The lowest BCUT2D eigenvalue weighted by molar-refractivity contribution is -0.126. The van der Waals surface area contributed by atoms with Crippen LogP contribution in [0.25, 0.3) is 6.08 Å². The molecule has 0 atom stereocenters. The highest BCUT2D eigenvalue weighted by Gasteiger charge is 2.22. The Labute approximate surface area is 109 Å². The fourth-order valence-electron chi connectivity index (χ4n) is 1.90. The molecule has 0 N–H and O–H groups in total. The number of nitrogens with zero attached hydrogens (tertiary/aromatic N) is 3. The molecule has 2 aromatic heterocycles. The third kappa shape index (κ3) is 2.17. The van der Waals surface area contributed by atoms with Gasteiger partial charge < -0.3 is 4.90 Å². The van der Waals surface area contributed by atoms with E-state index in [1.54, 1.807) is 28.5 Å². The first-order chi connectivity index (χ1) is 8.83. The monoisotopic (exact) mass is 257 g/mol. The molecule has 1 aliphatic heterocycles. The Bertz CT molecular complexity index is 567. The molecule has 0 bridgehead atoms. The SMILES string of the molecule is O=C(C=Cc1cccs1)N1Cc2cncnc2C1. The van der Waals surface area contributed by atoms with Gasteiger partial charge in [-0.15, -0.1) is 11.3 Å². The van der Waals surface area contributed by atoms with Gasteiger partial charge in [0.05, 0.1) is 12.2 Å². The Hall–Kier alpha value is -2.01. The average molecular weight is 257 g/mol. The molecule has 0 aliphatic carbocycles. The van der Waals surface area contributed by atoms with Crippen LogP contribution in [0, 0.1) is 0 Å². The molecule has 0 fully saturated rings. The van der Waals surface area contributed by atoms with Crippen molar-refractivity contribution in [3.8, 4) is 0 Å². The van der Waals surface area contributed by atoms with E-state index in [0.717, 1.165) is 16.1 Å². The van der Waals surface area contributed by atoms with Crippen LogP contribution in [0.4, 0.5) is 0 Å². The Morgan fingerprint density at radius 2 is 2.39 bits per heavy atom. The van der Waals surface area contributed by atoms with E-state index in [9.17, 15) is 4.79 Å². The van der Waals surface area contributed by atoms with Crippen molar-refractivity contribution in [3.05, 3.63) is 52.2 Å². The Morgan fingerprint density at radius 1 is 1.44 bits per heavy atom. The van der Waals surface area contributed by atoms with E-state index in [2.05, 4.69) is 9.97 Å². The molecule has 0 saturated carbocycles. The lowest BCUT2D eigenvalue weighted by atomic mass is 10.3. The van der Waals surface area contributed by atoms with Crippen LogP contribution in [-0.4, -0.2) is 20.8 Å². The summed E-state index contributed by atoms with van der Waals surface area (Å²) in [7, 11) is 0. The van der Waals surface area contributed by atoms with Crippen molar-refractivity contribution in [1.29, 1.82) is 0 Å².